The second-order valence-corrected chi connectivity index (χ2v) is 7.04. The van der Waals surface area contributed by atoms with Crippen molar-refractivity contribution in [3.8, 4) is 5.88 Å². The minimum atomic E-state index is 0. The van der Waals surface area contributed by atoms with E-state index in [9.17, 15) is 0 Å². The van der Waals surface area contributed by atoms with Crippen molar-refractivity contribution in [2.24, 2.45) is 0 Å². The molecule has 2 heterocycles. The smallest absolute Gasteiger partial charge is 0.213 e. The van der Waals surface area contributed by atoms with Gasteiger partial charge in [-0.25, -0.2) is 4.98 Å². The third-order valence-corrected chi connectivity index (χ3v) is 4.90. The topological polar surface area (TPSA) is 28.6 Å². The molecule has 3 rings (SSSR count). The van der Waals surface area contributed by atoms with Crippen LogP contribution in [0.25, 0.3) is 0 Å². The fourth-order valence-corrected chi connectivity index (χ4v) is 3.29. The molecule has 2 fully saturated rings. The predicted octanol–water partition coefficient (Wildman–Crippen LogP) is 4.07. The van der Waals surface area contributed by atoms with Crippen LogP contribution in [0.5, 0.6) is 5.88 Å². The molecule has 0 amide bonds. The summed E-state index contributed by atoms with van der Waals surface area (Å²) in [6, 6.07) is 6.66. The number of piperidine rings is 1. The molecule has 1 aliphatic carbocycles. The lowest BCUT2D eigenvalue weighted by Gasteiger charge is -2.28. The molecule has 0 aromatic carbocycles. The molecular weight excluding hydrogens is 298 g/mol. The number of pyridine rings is 1. The summed E-state index contributed by atoms with van der Waals surface area (Å²) in [6.07, 6.45) is 11.5. The zero-order valence-electron chi connectivity index (χ0n) is 15.1. The van der Waals surface area contributed by atoms with Crippen molar-refractivity contribution >= 4 is 0 Å². The van der Waals surface area contributed by atoms with Crippen LogP contribution in [0.4, 0.5) is 0 Å². The van der Waals surface area contributed by atoms with Crippen molar-refractivity contribution in [2.45, 2.75) is 64.5 Å². The average Bonchev–Trinajstić information content (AvgIpc) is 2.59. The second kappa shape index (κ2) is 11.4. The molecule has 1 saturated heterocycles. The van der Waals surface area contributed by atoms with Crippen molar-refractivity contribution in [1.29, 1.82) is 0 Å². The summed E-state index contributed by atoms with van der Waals surface area (Å²) in [5.41, 5.74) is 0. The average molecular weight is 336 g/mol. The van der Waals surface area contributed by atoms with Gasteiger partial charge in [0, 0.05) is 31.4 Å². The van der Waals surface area contributed by atoms with Crippen LogP contribution in [0.2, 0.25) is 0 Å². The normalized spacial score (nSPS) is 20.0. The number of aromatic nitrogens is 1. The highest BCUT2D eigenvalue weighted by atomic mass is 16.5. The zero-order valence-corrected chi connectivity index (χ0v) is 15.1. The molecule has 0 bridgehead atoms. The standard InChI is InChI=1S/C11H16N2O.C8H17N.CH4/c1-13-8-5-10(6-9-13)14-11-4-2-3-7-12-11;1-9(2)8-6-4-3-5-7-8;/h2-4,7,10H,5-6,8-9H2,1H3;8H,3-7H2,1-2H3;1H4. The van der Waals surface area contributed by atoms with Gasteiger partial charge in [0.15, 0.2) is 0 Å². The van der Waals surface area contributed by atoms with Gasteiger partial charge in [0.1, 0.15) is 6.10 Å². The Bertz CT molecular complexity index is 410. The fourth-order valence-electron chi connectivity index (χ4n) is 3.29. The molecular formula is C20H37N3O. The van der Waals surface area contributed by atoms with Gasteiger partial charge < -0.3 is 14.5 Å². The Labute approximate surface area is 149 Å². The van der Waals surface area contributed by atoms with Gasteiger partial charge in [0.05, 0.1) is 0 Å². The van der Waals surface area contributed by atoms with E-state index in [4.69, 9.17) is 4.74 Å². The van der Waals surface area contributed by atoms with E-state index >= 15 is 0 Å². The number of likely N-dealkylation sites (tertiary alicyclic amines) is 1. The quantitative estimate of drug-likeness (QED) is 0.832. The Kier molecular flexibility index (Phi) is 9.96. The lowest BCUT2D eigenvalue weighted by molar-refractivity contribution is 0.110. The number of hydrogen-bond donors (Lipinski definition) is 0. The van der Waals surface area contributed by atoms with Crippen molar-refractivity contribution in [3.05, 3.63) is 24.4 Å². The van der Waals surface area contributed by atoms with Gasteiger partial charge in [0.25, 0.3) is 0 Å². The second-order valence-electron chi connectivity index (χ2n) is 7.04. The van der Waals surface area contributed by atoms with E-state index in [0.29, 0.717) is 6.10 Å². The maximum absolute atomic E-state index is 5.77. The van der Waals surface area contributed by atoms with E-state index in [1.165, 1.54) is 32.1 Å². The third kappa shape index (κ3) is 7.63. The molecule has 1 aromatic heterocycles. The lowest BCUT2D eigenvalue weighted by Crippen LogP contribution is -2.35. The molecule has 0 N–H and O–H groups in total. The van der Waals surface area contributed by atoms with E-state index in [1.807, 2.05) is 18.2 Å². The Morgan fingerprint density at radius 3 is 2.21 bits per heavy atom. The summed E-state index contributed by atoms with van der Waals surface area (Å²) in [5, 5.41) is 0. The third-order valence-electron chi connectivity index (χ3n) is 4.90. The van der Waals surface area contributed by atoms with Crippen LogP contribution in [0.1, 0.15) is 52.4 Å². The van der Waals surface area contributed by atoms with Gasteiger partial charge in [0.2, 0.25) is 5.88 Å². The zero-order chi connectivity index (χ0) is 16.5. The molecule has 4 heteroatoms. The molecule has 1 aliphatic heterocycles. The Morgan fingerprint density at radius 1 is 1.04 bits per heavy atom. The monoisotopic (exact) mass is 335 g/mol. The Balaban J connectivity index is 0.000000252. The Hall–Kier alpha value is -1.13. The van der Waals surface area contributed by atoms with Crippen LogP contribution < -0.4 is 4.74 Å². The molecule has 1 saturated carbocycles. The van der Waals surface area contributed by atoms with Gasteiger partial charge in [-0.05, 0) is 52.9 Å². The molecule has 2 aliphatic rings. The largest absolute Gasteiger partial charge is 0.474 e. The first-order chi connectivity index (χ1) is 11.1. The van der Waals surface area contributed by atoms with Crippen LogP contribution in [-0.2, 0) is 0 Å². The molecule has 138 valence electrons. The maximum Gasteiger partial charge on any atom is 0.213 e. The van der Waals surface area contributed by atoms with Gasteiger partial charge in [-0.2, -0.15) is 0 Å². The van der Waals surface area contributed by atoms with Crippen LogP contribution in [0, 0.1) is 0 Å². The molecule has 0 atom stereocenters. The highest BCUT2D eigenvalue weighted by molar-refractivity contribution is 5.09. The van der Waals surface area contributed by atoms with Crippen molar-refractivity contribution in [1.82, 2.24) is 14.8 Å². The van der Waals surface area contributed by atoms with Gasteiger partial charge in [-0.15, -0.1) is 0 Å². The van der Waals surface area contributed by atoms with Crippen LogP contribution in [0.3, 0.4) is 0 Å². The van der Waals surface area contributed by atoms with Crippen molar-refractivity contribution in [3.63, 3.8) is 0 Å². The minimum Gasteiger partial charge on any atom is -0.474 e. The molecule has 0 spiro atoms. The van der Waals surface area contributed by atoms with E-state index in [-0.39, 0.29) is 7.43 Å². The summed E-state index contributed by atoms with van der Waals surface area (Å²) in [5.74, 6) is 0.752. The van der Waals surface area contributed by atoms with Crippen molar-refractivity contribution in [2.75, 3.05) is 34.2 Å². The highest BCUT2D eigenvalue weighted by Crippen LogP contribution is 2.20. The van der Waals surface area contributed by atoms with Crippen molar-refractivity contribution < 1.29 is 4.74 Å². The molecule has 0 radical (unpaired) electrons. The molecule has 24 heavy (non-hydrogen) atoms. The van der Waals surface area contributed by atoms with E-state index in [1.54, 1.807) is 6.20 Å². The summed E-state index contributed by atoms with van der Waals surface area (Å²) >= 11 is 0. The van der Waals surface area contributed by atoms with E-state index < -0.39 is 0 Å². The Morgan fingerprint density at radius 2 is 1.71 bits per heavy atom. The first-order valence-corrected chi connectivity index (χ1v) is 9.08. The van der Waals surface area contributed by atoms with E-state index in [0.717, 1.165) is 37.9 Å². The van der Waals surface area contributed by atoms with Gasteiger partial charge >= 0.3 is 0 Å². The first-order valence-electron chi connectivity index (χ1n) is 9.08. The summed E-state index contributed by atoms with van der Waals surface area (Å²) in [6.45, 7) is 2.25. The van der Waals surface area contributed by atoms with Gasteiger partial charge in [-0.1, -0.05) is 32.8 Å². The van der Waals surface area contributed by atoms with Crippen LogP contribution >= 0.6 is 0 Å². The summed E-state index contributed by atoms with van der Waals surface area (Å²) in [4.78, 5) is 8.85. The first kappa shape index (κ1) is 20.9. The number of rotatable bonds is 3. The minimum absolute atomic E-state index is 0. The number of nitrogens with zero attached hydrogens (tertiary/aromatic N) is 3. The predicted molar refractivity (Wildman–Crippen MR) is 103 cm³/mol. The maximum atomic E-state index is 5.77. The van der Waals surface area contributed by atoms with E-state index in [2.05, 4.69) is 35.9 Å². The lowest BCUT2D eigenvalue weighted by atomic mass is 9.95. The fraction of sp³-hybridized carbons (Fsp3) is 0.750. The van der Waals surface area contributed by atoms with Crippen LogP contribution in [0.15, 0.2) is 24.4 Å². The summed E-state index contributed by atoms with van der Waals surface area (Å²) < 4.78 is 5.77. The number of ether oxygens (including phenoxy) is 1. The number of hydrogen-bond acceptors (Lipinski definition) is 4. The summed E-state index contributed by atoms with van der Waals surface area (Å²) in [7, 11) is 6.53. The van der Waals surface area contributed by atoms with Gasteiger partial charge in [-0.3, -0.25) is 0 Å². The SMILES string of the molecule is C.CN(C)C1CCCCC1.CN1CCC(Oc2ccccn2)CC1. The highest BCUT2D eigenvalue weighted by Gasteiger charge is 2.18. The van der Waals surface area contributed by atoms with Crippen LogP contribution in [-0.4, -0.2) is 61.2 Å². The molecule has 1 aromatic rings. The molecule has 4 nitrogen and oxygen atoms in total. The molecule has 0 unspecified atom stereocenters.